The zero-order valence-corrected chi connectivity index (χ0v) is 15.9. The van der Waals surface area contributed by atoms with E-state index in [0.717, 1.165) is 5.56 Å². The van der Waals surface area contributed by atoms with Crippen molar-refractivity contribution in [2.75, 3.05) is 21.9 Å². The van der Waals surface area contributed by atoms with E-state index in [1.54, 1.807) is 28.6 Å². The summed E-state index contributed by atoms with van der Waals surface area (Å²) >= 11 is 6.21. The Bertz CT molecular complexity index is 854. The molecule has 3 N–H and O–H groups in total. The van der Waals surface area contributed by atoms with Gasteiger partial charge in [-0.2, -0.15) is 0 Å². The lowest BCUT2D eigenvalue weighted by molar-refractivity contribution is 0.102. The van der Waals surface area contributed by atoms with Crippen LogP contribution < -0.4 is 9.62 Å². The Hall–Kier alpha value is -1.99. The first-order valence-electron chi connectivity index (χ1n) is 8.28. The van der Waals surface area contributed by atoms with Gasteiger partial charge in [-0.15, -0.1) is 10.8 Å². The van der Waals surface area contributed by atoms with Gasteiger partial charge in [-0.1, -0.05) is 35.9 Å². The van der Waals surface area contributed by atoms with Gasteiger partial charge in [0.25, 0.3) is 5.91 Å². The quantitative estimate of drug-likeness (QED) is 0.642. The van der Waals surface area contributed by atoms with E-state index in [0.29, 0.717) is 40.7 Å². The zero-order chi connectivity index (χ0) is 18.7. The Morgan fingerprint density at radius 3 is 2.77 bits per heavy atom. The number of hydrogen-bond donors (Lipinski definition) is 3. The van der Waals surface area contributed by atoms with Gasteiger partial charge in [-0.3, -0.25) is 18.2 Å². The van der Waals surface area contributed by atoms with E-state index in [1.165, 1.54) is 0 Å². The molecule has 0 aliphatic carbocycles. The molecular formula is C19H21ClN2O3S. The zero-order valence-electron chi connectivity index (χ0n) is 14.4. The first-order chi connectivity index (χ1) is 12.4. The van der Waals surface area contributed by atoms with Gasteiger partial charge in [0.15, 0.2) is 0 Å². The van der Waals surface area contributed by atoms with Gasteiger partial charge in [0.05, 0.1) is 22.0 Å². The molecule has 3 rings (SSSR count). The van der Waals surface area contributed by atoms with Crippen molar-refractivity contribution in [1.29, 1.82) is 0 Å². The molecule has 1 amide bonds. The summed E-state index contributed by atoms with van der Waals surface area (Å²) in [6.07, 6.45) is 4.57. The van der Waals surface area contributed by atoms with Gasteiger partial charge in [0, 0.05) is 12.2 Å². The molecule has 5 nitrogen and oxygen atoms in total. The third-order valence-electron chi connectivity index (χ3n) is 4.12. The maximum atomic E-state index is 12.7. The predicted molar refractivity (Wildman–Crippen MR) is 110 cm³/mol. The summed E-state index contributed by atoms with van der Waals surface area (Å²) in [7, 11) is -2.82. The molecule has 2 aromatic carbocycles. The van der Waals surface area contributed by atoms with Crippen molar-refractivity contribution in [3.05, 3.63) is 64.7 Å². The molecule has 7 heteroatoms. The van der Waals surface area contributed by atoms with Crippen LogP contribution in [-0.4, -0.2) is 27.3 Å². The number of benzene rings is 2. The summed E-state index contributed by atoms with van der Waals surface area (Å²) in [6.45, 7) is 2.47. The molecule has 0 radical (unpaired) electrons. The topological polar surface area (TPSA) is 72.8 Å². The Balaban J connectivity index is 1.85. The van der Waals surface area contributed by atoms with Crippen LogP contribution in [0.15, 0.2) is 48.5 Å². The smallest absolute Gasteiger partial charge is 0.257 e. The van der Waals surface area contributed by atoms with Crippen molar-refractivity contribution in [3.8, 4) is 0 Å². The highest BCUT2D eigenvalue weighted by Crippen LogP contribution is 2.51. The second-order valence-electron chi connectivity index (χ2n) is 6.04. The average Bonchev–Trinajstić information content (AvgIpc) is 2.95. The molecule has 0 saturated carbocycles. The number of nitrogens with one attached hydrogen (secondary N) is 1. The van der Waals surface area contributed by atoms with Crippen LogP contribution in [0, 0.1) is 0 Å². The molecule has 138 valence electrons. The largest absolute Gasteiger partial charge is 0.322 e. The standard InChI is InChI=1S/C19H21ClN2O3S/c1-2-5-14-6-3-7-15(12-14)21-19(23)17-13-16(8-9-18(17)20)22-10-4-11-26(22,24)25/h2-3,5-9,12-13,24-25H,4,10-11H2,1H3,(H,21,23). The normalized spacial score (nSPS) is 17.5. The summed E-state index contributed by atoms with van der Waals surface area (Å²) in [5.41, 5.74) is 2.52. The second-order valence-corrected chi connectivity index (χ2v) is 8.56. The van der Waals surface area contributed by atoms with Gasteiger partial charge in [0.2, 0.25) is 0 Å². The molecule has 0 bridgehead atoms. The van der Waals surface area contributed by atoms with Crippen molar-refractivity contribution < 1.29 is 13.9 Å². The van der Waals surface area contributed by atoms with E-state index in [4.69, 9.17) is 11.6 Å². The van der Waals surface area contributed by atoms with Crippen molar-refractivity contribution in [2.45, 2.75) is 13.3 Å². The minimum atomic E-state index is -2.82. The number of carbonyl (C=O) groups excluding carboxylic acids is 1. The maximum Gasteiger partial charge on any atom is 0.257 e. The Morgan fingerprint density at radius 1 is 1.27 bits per heavy atom. The monoisotopic (exact) mass is 392 g/mol. The van der Waals surface area contributed by atoms with Crippen molar-refractivity contribution in [3.63, 3.8) is 0 Å². The van der Waals surface area contributed by atoms with Crippen LogP contribution in [0.25, 0.3) is 6.08 Å². The molecule has 1 aliphatic heterocycles. The number of halogens is 1. The number of carbonyl (C=O) groups is 1. The summed E-state index contributed by atoms with van der Waals surface area (Å²) in [4.78, 5) is 12.7. The lowest BCUT2D eigenvalue weighted by Crippen LogP contribution is -2.22. The number of hydrogen-bond acceptors (Lipinski definition) is 4. The molecule has 26 heavy (non-hydrogen) atoms. The minimum absolute atomic E-state index is 0.294. The fraction of sp³-hybridized carbons (Fsp3) is 0.211. The van der Waals surface area contributed by atoms with E-state index in [-0.39, 0.29) is 5.91 Å². The predicted octanol–water partition coefficient (Wildman–Crippen LogP) is 5.50. The fourth-order valence-electron chi connectivity index (χ4n) is 2.91. The van der Waals surface area contributed by atoms with Crippen molar-refractivity contribution in [2.24, 2.45) is 0 Å². The molecular weight excluding hydrogens is 372 g/mol. The molecule has 2 aromatic rings. The van der Waals surface area contributed by atoms with E-state index in [2.05, 4.69) is 5.32 Å². The van der Waals surface area contributed by atoms with Crippen LogP contribution in [-0.2, 0) is 0 Å². The van der Waals surface area contributed by atoms with Crippen molar-refractivity contribution >= 4 is 45.7 Å². The molecule has 0 unspecified atom stereocenters. The first-order valence-corrected chi connectivity index (χ1v) is 10.3. The van der Waals surface area contributed by atoms with Crippen LogP contribution in [0.3, 0.4) is 0 Å². The highest BCUT2D eigenvalue weighted by Gasteiger charge is 2.29. The van der Waals surface area contributed by atoms with Gasteiger partial charge >= 0.3 is 0 Å². The lowest BCUT2D eigenvalue weighted by atomic mass is 10.1. The second kappa shape index (κ2) is 7.72. The summed E-state index contributed by atoms with van der Waals surface area (Å²) in [5, 5.41) is 3.15. The molecule has 1 fully saturated rings. The average molecular weight is 393 g/mol. The molecule has 1 heterocycles. The highest BCUT2D eigenvalue weighted by atomic mass is 35.5. The minimum Gasteiger partial charge on any atom is -0.322 e. The van der Waals surface area contributed by atoms with Crippen LogP contribution >= 0.6 is 22.4 Å². The summed E-state index contributed by atoms with van der Waals surface area (Å²) in [6, 6.07) is 12.4. The van der Waals surface area contributed by atoms with Crippen LogP contribution in [0.2, 0.25) is 5.02 Å². The number of amides is 1. The van der Waals surface area contributed by atoms with Gasteiger partial charge < -0.3 is 5.32 Å². The lowest BCUT2D eigenvalue weighted by Gasteiger charge is -2.38. The summed E-state index contributed by atoms with van der Waals surface area (Å²) < 4.78 is 21.8. The molecule has 0 aromatic heterocycles. The summed E-state index contributed by atoms with van der Waals surface area (Å²) in [5.74, 6) is -0.000292. The van der Waals surface area contributed by atoms with Crippen LogP contribution in [0.5, 0.6) is 0 Å². The van der Waals surface area contributed by atoms with Crippen LogP contribution in [0.1, 0.15) is 29.3 Å². The number of anilines is 2. The van der Waals surface area contributed by atoms with E-state index < -0.39 is 10.8 Å². The number of allylic oxidation sites excluding steroid dienone is 1. The third kappa shape index (κ3) is 4.04. The molecule has 0 spiro atoms. The van der Waals surface area contributed by atoms with E-state index >= 15 is 0 Å². The first kappa shape index (κ1) is 18.8. The Labute approximate surface area is 159 Å². The molecule has 0 atom stereocenters. The number of rotatable bonds is 4. The maximum absolute atomic E-state index is 12.7. The van der Waals surface area contributed by atoms with Crippen LogP contribution in [0.4, 0.5) is 11.4 Å². The SMILES string of the molecule is CC=Cc1cccc(NC(=O)c2cc(N3CCCS3(O)O)ccc2Cl)c1. The Kier molecular flexibility index (Phi) is 5.58. The van der Waals surface area contributed by atoms with Gasteiger partial charge in [-0.25, -0.2) is 0 Å². The fourth-order valence-corrected chi connectivity index (χ4v) is 4.72. The molecule has 1 aliphatic rings. The Morgan fingerprint density at radius 2 is 2.08 bits per heavy atom. The molecule has 1 saturated heterocycles. The van der Waals surface area contributed by atoms with Gasteiger partial charge in [-0.05, 0) is 49.2 Å². The van der Waals surface area contributed by atoms with Gasteiger partial charge in [0.1, 0.15) is 0 Å². The van der Waals surface area contributed by atoms with Crippen molar-refractivity contribution in [1.82, 2.24) is 0 Å². The number of nitrogens with zero attached hydrogens (tertiary/aromatic N) is 1. The highest BCUT2D eigenvalue weighted by molar-refractivity contribution is 8.25. The van der Waals surface area contributed by atoms with E-state index in [1.807, 2.05) is 37.3 Å². The third-order valence-corrected chi connectivity index (χ3v) is 6.38. The van der Waals surface area contributed by atoms with E-state index in [9.17, 15) is 13.9 Å².